The molecule has 32 heavy (non-hydrogen) atoms. The Morgan fingerprint density at radius 1 is 0.625 bits per heavy atom. The van der Waals surface area contributed by atoms with Gasteiger partial charge in [0.05, 0.1) is 11.4 Å². The van der Waals surface area contributed by atoms with Gasteiger partial charge in [-0.3, -0.25) is 0 Å². The summed E-state index contributed by atoms with van der Waals surface area (Å²) < 4.78 is 0. The highest BCUT2D eigenvalue weighted by atomic mass is 15.1. The van der Waals surface area contributed by atoms with Gasteiger partial charge in [0.15, 0.2) is 0 Å². The van der Waals surface area contributed by atoms with Crippen LogP contribution in [0.4, 0.5) is 0 Å². The third kappa shape index (κ3) is 8.68. The van der Waals surface area contributed by atoms with Crippen molar-refractivity contribution in [1.82, 2.24) is 10.2 Å². The fourth-order valence-corrected chi connectivity index (χ4v) is 5.27. The van der Waals surface area contributed by atoms with Gasteiger partial charge in [0.25, 0.3) is 0 Å². The third-order valence-corrected chi connectivity index (χ3v) is 7.53. The predicted molar refractivity (Wildman–Crippen MR) is 138 cm³/mol. The zero-order chi connectivity index (χ0) is 22.4. The van der Waals surface area contributed by atoms with Crippen LogP contribution in [0.2, 0.25) is 0 Å². The van der Waals surface area contributed by atoms with Crippen LogP contribution in [0, 0.1) is 11.8 Å². The van der Waals surface area contributed by atoms with E-state index in [1.54, 1.807) is 0 Å². The second kappa shape index (κ2) is 14.4. The quantitative estimate of drug-likeness (QED) is 0.277. The average Bonchev–Trinajstić information content (AvgIpc) is 2.84. The minimum absolute atomic E-state index is 0.897. The molecule has 176 valence electrons. The smallest absolute Gasteiger partial charge is 0.0929 e. The van der Waals surface area contributed by atoms with Crippen LogP contribution in [0.5, 0.6) is 0 Å². The summed E-state index contributed by atoms with van der Waals surface area (Å²) in [5.41, 5.74) is 4.77. The van der Waals surface area contributed by atoms with E-state index in [4.69, 9.17) is 0 Å². The normalized spacial score (nSPS) is 18.7. The molecule has 0 unspecified atom stereocenters. The number of benzene rings is 1. The summed E-state index contributed by atoms with van der Waals surface area (Å²) >= 11 is 0. The second-order valence-corrected chi connectivity index (χ2v) is 10.2. The molecule has 1 heterocycles. The lowest BCUT2D eigenvalue weighted by Crippen LogP contribution is -2.15. The van der Waals surface area contributed by atoms with Gasteiger partial charge in [0.1, 0.15) is 0 Å². The maximum absolute atomic E-state index is 4.55. The zero-order valence-electron chi connectivity index (χ0n) is 20.8. The Morgan fingerprint density at radius 2 is 1.28 bits per heavy atom. The molecule has 0 radical (unpaired) electrons. The minimum atomic E-state index is 0.897. The molecule has 0 saturated heterocycles. The number of aryl methyl sites for hydroxylation is 2. The van der Waals surface area contributed by atoms with Crippen molar-refractivity contribution in [2.24, 2.45) is 11.8 Å². The largest absolute Gasteiger partial charge is 0.155 e. The molecule has 1 aromatic heterocycles. The molecule has 2 aromatic rings. The Kier molecular flexibility index (Phi) is 11.3. The van der Waals surface area contributed by atoms with Gasteiger partial charge in [0.2, 0.25) is 0 Å². The lowest BCUT2D eigenvalue weighted by molar-refractivity contribution is 0.248. The molecule has 0 bridgehead atoms. The lowest BCUT2D eigenvalue weighted by Gasteiger charge is -2.28. The molecule has 0 N–H and O–H groups in total. The van der Waals surface area contributed by atoms with E-state index in [1.807, 2.05) is 0 Å². The first-order valence-corrected chi connectivity index (χ1v) is 13.7. The molecule has 0 spiro atoms. The lowest BCUT2D eigenvalue weighted by atomic mass is 9.78. The van der Waals surface area contributed by atoms with E-state index in [-0.39, 0.29) is 0 Å². The van der Waals surface area contributed by atoms with Crippen molar-refractivity contribution in [3.63, 3.8) is 0 Å². The van der Waals surface area contributed by atoms with Crippen molar-refractivity contribution in [2.75, 3.05) is 0 Å². The first-order chi connectivity index (χ1) is 15.8. The maximum atomic E-state index is 4.55. The highest BCUT2D eigenvalue weighted by Crippen LogP contribution is 2.34. The molecule has 1 aliphatic carbocycles. The average molecular weight is 435 g/mol. The molecule has 0 atom stereocenters. The van der Waals surface area contributed by atoms with E-state index >= 15 is 0 Å². The standard InChI is InChI=1S/C30H46N2/c1-3-5-7-8-10-12-26-17-20-28(21-18-26)30-24-23-29(31-32-30)22-19-27-15-13-25(14-16-27)11-9-6-4-2/h17-18,20-21,23-25,27H,3-16,19,22H2,1-2H3. The number of aromatic nitrogens is 2. The van der Waals surface area contributed by atoms with Crippen LogP contribution in [0.15, 0.2) is 36.4 Å². The number of rotatable bonds is 14. The summed E-state index contributed by atoms with van der Waals surface area (Å²) in [7, 11) is 0. The van der Waals surface area contributed by atoms with Gasteiger partial charge in [-0.05, 0) is 55.2 Å². The Bertz CT molecular complexity index is 726. The predicted octanol–water partition coefficient (Wildman–Crippen LogP) is 8.98. The van der Waals surface area contributed by atoms with E-state index in [2.05, 4.69) is 60.4 Å². The van der Waals surface area contributed by atoms with Gasteiger partial charge in [0, 0.05) is 5.56 Å². The summed E-state index contributed by atoms with van der Waals surface area (Å²) in [6.45, 7) is 4.58. The van der Waals surface area contributed by atoms with Gasteiger partial charge in [-0.1, -0.05) is 115 Å². The second-order valence-electron chi connectivity index (χ2n) is 10.2. The van der Waals surface area contributed by atoms with E-state index in [1.165, 1.54) is 107 Å². The first kappa shape index (κ1) is 24.9. The molecule has 2 heteroatoms. The fourth-order valence-electron chi connectivity index (χ4n) is 5.27. The van der Waals surface area contributed by atoms with Crippen LogP contribution in [0.1, 0.15) is 115 Å². The molecule has 1 fully saturated rings. The van der Waals surface area contributed by atoms with E-state index in [0.29, 0.717) is 0 Å². The first-order valence-electron chi connectivity index (χ1n) is 13.7. The van der Waals surface area contributed by atoms with Crippen LogP contribution in [0.3, 0.4) is 0 Å². The third-order valence-electron chi connectivity index (χ3n) is 7.53. The Hall–Kier alpha value is -1.70. The van der Waals surface area contributed by atoms with Crippen molar-refractivity contribution < 1.29 is 0 Å². The zero-order valence-corrected chi connectivity index (χ0v) is 20.8. The molecule has 1 saturated carbocycles. The van der Waals surface area contributed by atoms with Gasteiger partial charge >= 0.3 is 0 Å². The van der Waals surface area contributed by atoms with Crippen molar-refractivity contribution in [3.8, 4) is 11.3 Å². The molecule has 1 aliphatic rings. The SMILES string of the molecule is CCCCCCCc1ccc(-c2ccc(CCC3CCC(CCCCC)CC3)nn2)cc1. The number of hydrogen-bond donors (Lipinski definition) is 0. The Labute approximate surface area is 197 Å². The van der Waals surface area contributed by atoms with Crippen molar-refractivity contribution in [1.29, 1.82) is 0 Å². The minimum Gasteiger partial charge on any atom is -0.155 e. The van der Waals surface area contributed by atoms with Crippen LogP contribution >= 0.6 is 0 Å². The van der Waals surface area contributed by atoms with Crippen LogP contribution in [-0.2, 0) is 12.8 Å². The van der Waals surface area contributed by atoms with Crippen molar-refractivity contribution in [3.05, 3.63) is 47.7 Å². The van der Waals surface area contributed by atoms with Crippen LogP contribution < -0.4 is 0 Å². The number of unbranched alkanes of at least 4 members (excludes halogenated alkanes) is 6. The molecule has 0 amide bonds. The summed E-state index contributed by atoms with van der Waals surface area (Å²) in [4.78, 5) is 0. The van der Waals surface area contributed by atoms with Gasteiger partial charge in [-0.2, -0.15) is 10.2 Å². The monoisotopic (exact) mass is 434 g/mol. The Morgan fingerprint density at radius 3 is 1.94 bits per heavy atom. The molecular weight excluding hydrogens is 388 g/mol. The molecule has 0 aliphatic heterocycles. The van der Waals surface area contributed by atoms with Crippen molar-refractivity contribution in [2.45, 2.75) is 117 Å². The maximum Gasteiger partial charge on any atom is 0.0929 e. The highest BCUT2D eigenvalue weighted by molar-refractivity contribution is 5.58. The topological polar surface area (TPSA) is 25.8 Å². The molecule has 3 rings (SSSR count). The van der Waals surface area contributed by atoms with Gasteiger partial charge < -0.3 is 0 Å². The Balaban J connectivity index is 1.38. The highest BCUT2D eigenvalue weighted by Gasteiger charge is 2.20. The fraction of sp³-hybridized carbons (Fsp3) is 0.667. The molecular formula is C30H46N2. The molecule has 1 aromatic carbocycles. The summed E-state index contributed by atoms with van der Waals surface area (Å²) in [5, 5.41) is 9.10. The van der Waals surface area contributed by atoms with E-state index < -0.39 is 0 Å². The summed E-state index contributed by atoms with van der Waals surface area (Å²) in [5.74, 6) is 1.90. The number of hydrogen-bond acceptors (Lipinski definition) is 2. The van der Waals surface area contributed by atoms with Crippen LogP contribution in [-0.4, -0.2) is 10.2 Å². The van der Waals surface area contributed by atoms with Crippen molar-refractivity contribution >= 4 is 0 Å². The van der Waals surface area contributed by atoms with E-state index in [9.17, 15) is 0 Å². The molecule has 2 nitrogen and oxygen atoms in total. The van der Waals surface area contributed by atoms with Gasteiger partial charge in [-0.15, -0.1) is 0 Å². The summed E-state index contributed by atoms with van der Waals surface area (Å²) in [6, 6.07) is 13.3. The van der Waals surface area contributed by atoms with E-state index in [0.717, 1.165) is 29.6 Å². The summed E-state index contributed by atoms with van der Waals surface area (Å²) in [6.07, 6.45) is 21.7. The number of nitrogens with zero attached hydrogens (tertiary/aromatic N) is 2. The van der Waals surface area contributed by atoms with Crippen LogP contribution in [0.25, 0.3) is 11.3 Å². The van der Waals surface area contributed by atoms with Gasteiger partial charge in [-0.25, -0.2) is 0 Å².